The molecule has 2 fully saturated rings. The second kappa shape index (κ2) is 5.94. The van der Waals surface area contributed by atoms with E-state index in [1.807, 2.05) is 0 Å². The summed E-state index contributed by atoms with van der Waals surface area (Å²) in [6.45, 7) is 5.62. The molecule has 17 heavy (non-hydrogen) atoms. The molecule has 0 spiro atoms. The van der Waals surface area contributed by atoms with Gasteiger partial charge in [-0.2, -0.15) is 12.6 Å². The van der Waals surface area contributed by atoms with Crippen LogP contribution in [0.25, 0.3) is 0 Å². The molecule has 1 N–H and O–H groups in total. The molecule has 1 aliphatic carbocycles. The van der Waals surface area contributed by atoms with E-state index in [4.69, 9.17) is 0 Å². The van der Waals surface area contributed by atoms with E-state index < -0.39 is 0 Å². The molecule has 0 aromatic heterocycles. The van der Waals surface area contributed by atoms with Gasteiger partial charge in [0.1, 0.15) is 0 Å². The smallest absolute Gasteiger partial charge is 0.0700 e. The van der Waals surface area contributed by atoms with Gasteiger partial charge in [0.15, 0.2) is 0 Å². The van der Waals surface area contributed by atoms with Crippen LogP contribution in [-0.2, 0) is 0 Å². The van der Waals surface area contributed by atoms with Crippen molar-refractivity contribution in [2.45, 2.75) is 51.0 Å². The van der Waals surface area contributed by atoms with Crippen LogP contribution in [0.1, 0.15) is 45.4 Å². The maximum Gasteiger partial charge on any atom is 0.0700 e. The number of hydrogen-bond donors (Lipinski definition) is 2. The zero-order chi connectivity index (χ0) is 12.3. The van der Waals surface area contributed by atoms with Crippen LogP contribution >= 0.6 is 12.6 Å². The normalized spacial score (nSPS) is 36.5. The highest BCUT2D eigenvalue weighted by Gasteiger charge is 2.42. The fraction of sp³-hybridized carbons (Fsp3) is 1.00. The van der Waals surface area contributed by atoms with Crippen molar-refractivity contribution in [1.82, 2.24) is 4.90 Å². The van der Waals surface area contributed by atoms with Crippen LogP contribution in [0.15, 0.2) is 0 Å². The number of rotatable bonds is 4. The van der Waals surface area contributed by atoms with Crippen LogP contribution in [0.5, 0.6) is 0 Å². The molecule has 2 rings (SSSR count). The Labute approximate surface area is 111 Å². The maximum atomic E-state index is 10.6. The maximum absolute atomic E-state index is 10.6. The minimum Gasteiger partial charge on any atom is -0.390 e. The van der Waals surface area contributed by atoms with Crippen LogP contribution in [0.2, 0.25) is 0 Å². The zero-order valence-corrected chi connectivity index (χ0v) is 12.0. The standard InChI is InChI=1S/C14H27NOS/c1-2-12(11-17)9-15-8-7-14(16)6-4-3-5-13(14)10-15/h12-13,16-17H,2-11H2,1H3. The van der Waals surface area contributed by atoms with Crippen molar-refractivity contribution in [2.75, 3.05) is 25.4 Å². The van der Waals surface area contributed by atoms with Crippen molar-refractivity contribution >= 4 is 12.6 Å². The Morgan fingerprint density at radius 1 is 1.41 bits per heavy atom. The fourth-order valence-electron chi connectivity index (χ4n) is 3.49. The molecule has 3 heteroatoms. The van der Waals surface area contributed by atoms with Crippen molar-refractivity contribution in [3.8, 4) is 0 Å². The SMILES string of the molecule is CCC(CS)CN1CCC2(O)CCCCC2C1. The number of hydrogen-bond acceptors (Lipinski definition) is 3. The van der Waals surface area contributed by atoms with Gasteiger partial charge in [0.25, 0.3) is 0 Å². The summed E-state index contributed by atoms with van der Waals surface area (Å²) in [4.78, 5) is 2.56. The first-order valence-corrected chi connectivity index (χ1v) is 7.87. The highest BCUT2D eigenvalue weighted by molar-refractivity contribution is 7.80. The minimum absolute atomic E-state index is 0.322. The number of thiol groups is 1. The summed E-state index contributed by atoms with van der Waals surface area (Å²) >= 11 is 4.43. The Hall–Kier alpha value is 0.270. The summed E-state index contributed by atoms with van der Waals surface area (Å²) in [6, 6.07) is 0. The molecule has 2 aliphatic rings. The predicted octanol–water partition coefficient (Wildman–Crippen LogP) is 2.57. The van der Waals surface area contributed by atoms with Gasteiger partial charge in [-0.1, -0.05) is 26.2 Å². The van der Waals surface area contributed by atoms with Crippen molar-refractivity contribution in [3.05, 3.63) is 0 Å². The van der Waals surface area contributed by atoms with Crippen molar-refractivity contribution in [2.24, 2.45) is 11.8 Å². The van der Waals surface area contributed by atoms with Gasteiger partial charge < -0.3 is 10.0 Å². The molecule has 3 unspecified atom stereocenters. The highest BCUT2D eigenvalue weighted by atomic mass is 32.1. The van der Waals surface area contributed by atoms with E-state index in [0.29, 0.717) is 11.8 Å². The van der Waals surface area contributed by atoms with E-state index >= 15 is 0 Å². The average molecular weight is 257 g/mol. The molecule has 1 aliphatic heterocycles. The van der Waals surface area contributed by atoms with E-state index in [2.05, 4.69) is 24.5 Å². The second-order valence-electron chi connectivity index (χ2n) is 6.01. The number of piperidine rings is 1. The van der Waals surface area contributed by atoms with Crippen molar-refractivity contribution in [1.29, 1.82) is 0 Å². The van der Waals surface area contributed by atoms with Gasteiger partial charge in [0.2, 0.25) is 0 Å². The van der Waals surface area contributed by atoms with E-state index in [9.17, 15) is 5.11 Å². The number of fused-ring (bicyclic) bond motifs is 1. The van der Waals surface area contributed by atoms with Crippen LogP contribution in [-0.4, -0.2) is 41.0 Å². The van der Waals surface area contributed by atoms with Crippen molar-refractivity contribution < 1.29 is 5.11 Å². The largest absolute Gasteiger partial charge is 0.390 e. The lowest BCUT2D eigenvalue weighted by Crippen LogP contribution is -2.54. The zero-order valence-electron chi connectivity index (χ0n) is 11.1. The van der Waals surface area contributed by atoms with Crippen LogP contribution in [0, 0.1) is 11.8 Å². The lowest BCUT2D eigenvalue weighted by molar-refractivity contribution is -0.0968. The molecule has 0 bridgehead atoms. The molecular weight excluding hydrogens is 230 g/mol. The van der Waals surface area contributed by atoms with Gasteiger partial charge in [-0.15, -0.1) is 0 Å². The topological polar surface area (TPSA) is 23.5 Å². The molecule has 0 radical (unpaired) electrons. The first-order chi connectivity index (χ1) is 8.18. The molecule has 0 aromatic rings. The minimum atomic E-state index is -0.322. The van der Waals surface area contributed by atoms with E-state index in [1.54, 1.807) is 0 Å². The first kappa shape index (κ1) is 13.7. The van der Waals surface area contributed by atoms with Gasteiger partial charge in [-0.3, -0.25) is 0 Å². The van der Waals surface area contributed by atoms with E-state index in [-0.39, 0.29) is 5.60 Å². The molecular formula is C14H27NOS. The van der Waals surface area contributed by atoms with E-state index in [1.165, 1.54) is 32.2 Å². The van der Waals surface area contributed by atoms with Crippen LogP contribution < -0.4 is 0 Å². The third-order valence-corrected chi connectivity index (χ3v) is 5.38. The summed E-state index contributed by atoms with van der Waals surface area (Å²) in [5.74, 6) is 2.23. The Morgan fingerprint density at radius 3 is 2.94 bits per heavy atom. The molecule has 0 amide bonds. The summed E-state index contributed by atoms with van der Waals surface area (Å²) < 4.78 is 0. The molecule has 100 valence electrons. The van der Waals surface area contributed by atoms with Crippen LogP contribution in [0.4, 0.5) is 0 Å². The predicted molar refractivity (Wildman–Crippen MR) is 75.6 cm³/mol. The van der Waals surface area contributed by atoms with Crippen molar-refractivity contribution in [3.63, 3.8) is 0 Å². The molecule has 2 nitrogen and oxygen atoms in total. The molecule has 1 saturated heterocycles. The summed E-state index contributed by atoms with van der Waals surface area (Å²) in [6.07, 6.45) is 7.00. The van der Waals surface area contributed by atoms with Crippen LogP contribution in [0.3, 0.4) is 0 Å². The lowest BCUT2D eigenvalue weighted by Gasteiger charge is -2.48. The first-order valence-electron chi connectivity index (χ1n) is 7.23. The fourth-order valence-corrected chi connectivity index (χ4v) is 3.86. The van der Waals surface area contributed by atoms with Gasteiger partial charge >= 0.3 is 0 Å². The quantitative estimate of drug-likeness (QED) is 0.756. The van der Waals surface area contributed by atoms with Gasteiger partial charge in [-0.05, 0) is 30.9 Å². The Balaban J connectivity index is 1.88. The summed E-state index contributed by atoms with van der Waals surface area (Å²) in [5, 5.41) is 10.6. The Bertz CT molecular complexity index is 244. The molecule has 3 atom stereocenters. The molecule has 0 aromatic carbocycles. The number of nitrogens with zero attached hydrogens (tertiary/aromatic N) is 1. The Morgan fingerprint density at radius 2 is 2.24 bits per heavy atom. The summed E-state index contributed by atoms with van der Waals surface area (Å²) in [7, 11) is 0. The summed E-state index contributed by atoms with van der Waals surface area (Å²) in [5.41, 5.74) is -0.322. The van der Waals surface area contributed by atoms with Gasteiger partial charge in [0.05, 0.1) is 5.60 Å². The highest BCUT2D eigenvalue weighted by Crippen LogP contribution is 2.39. The van der Waals surface area contributed by atoms with Gasteiger partial charge in [-0.25, -0.2) is 0 Å². The third kappa shape index (κ3) is 3.18. The molecule has 1 heterocycles. The van der Waals surface area contributed by atoms with E-state index in [0.717, 1.165) is 31.7 Å². The lowest BCUT2D eigenvalue weighted by atomic mass is 9.71. The molecule has 1 saturated carbocycles. The monoisotopic (exact) mass is 257 g/mol. The number of likely N-dealkylation sites (tertiary alicyclic amines) is 1. The van der Waals surface area contributed by atoms with Gasteiger partial charge in [0, 0.05) is 25.6 Å². The average Bonchev–Trinajstić information content (AvgIpc) is 2.35. The third-order valence-electron chi connectivity index (χ3n) is 4.86. The Kier molecular flexibility index (Phi) is 4.79. The second-order valence-corrected chi connectivity index (χ2v) is 6.38. The number of aliphatic hydroxyl groups is 1.